The van der Waals surface area contributed by atoms with Crippen LogP contribution in [0.2, 0.25) is 0 Å². The van der Waals surface area contributed by atoms with E-state index in [0.717, 1.165) is 29.1 Å². The molecule has 0 saturated heterocycles. The predicted octanol–water partition coefficient (Wildman–Crippen LogP) is 1.54. The highest BCUT2D eigenvalue weighted by Gasteiger charge is 2.07. The average Bonchev–Trinajstić information content (AvgIpc) is 2.72. The minimum Gasteiger partial charge on any atom is -0.492 e. The molecule has 0 aliphatic rings. The largest absolute Gasteiger partial charge is 0.492 e. The molecular formula is C15H21N3O2. The molecule has 0 atom stereocenters. The molecule has 2 N–H and O–H groups in total. The van der Waals surface area contributed by atoms with E-state index in [2.05, 4.69) is 15.1 Å². The lowest BCUT2D eigenvalue weighted by Gasteiger charge is -2.11. The molecule has 0 fully saturated rings. The number of rotatable bonds is 6. The van der Waals surface area contributed by atoms with Crippen molar-refractivity contribution in [1.29, 1.82) is 0 Å². The van der Waals surface area contributed by atoms with Crippen molar-refractivity contribution in [3.05, 3.63) is 51.4 Å². The summed E-state index contributed by atoms with van der Waals surface area (Å²) >= 11 is 0. The standard InChI is InChI=1S/C15H21N3O2/c1-11-14(15(19)17-16-11)10-12-4-6-13(7-5-12)20-9-8-18(2)3/h4-7H,8-10H2,1-3H3,(H2,16,17,19). The summed E-state index contributed by atoms with van der Waals surface area (Å²) in [5.41, 5.74) is 2.72. The predicted molar refractivity (Wildman–Crippen MR) is 79.4 cm³/mol. The summed E-state index contributed by atoms with van der Waals surface area (Å²) in [5.74, 6) is 0.857. The van der Waals surface area contributed by atoms with Crippen molar-refractivity contribution in [3.8, 4) is 5.75 Å². The average molecular weight is 275 g/mol. The Hall–Kier alpha value is -2.01. The van der Waals surface area contributed by atoms with E-state index in [0.29, 0.717) is 13.0 Å². The van der Waals surface area contributed by atoms with E-state index >= 15 is 0 Å². The van der Waals surface area contributed by atoms with Crippen molar-refractivity contribution in [2.45, 2.75) is 13.3 Å². The van der Waals surface area contributed by atoms with E-state index < -0.39 is 0 Å². The molecule has 2 rings (SSSR count). The van der Waals surface area contributed by atoms with Crippen LogP contribution in [-0.2, 0) is 6.42 Å². The first-order valence-corrected chi connectivity index (χ1v) is 6.69. The maximum absolute atomic E-state index is 11.6. The number of aromatic amines is 2. The number of ether oxygens (including phenoxy) is 1. The zero-order valence-corrected chi connectivity index (χ0v) is 12.2. The topological polar surface area (TPSA) is 61.1 Å². The van der Waals surface area contributed by atoms with Gasteiger partial charge in [-0.1, -0.05) is 12.1 Å². The van der Waals surface area contributed by atoms with Crippen molar-refractivity contribution < 1.29 is 4.74 Å². The third kappa shape index (κ3) is 3.74. The Balaban J connectivity index is 1.96. The van der Waals surface area contributed by atoms with Crippen LogP contribution in [0.4, 0.5) is 0 Å². The molecule has 5 nitrogen and oxygen atoms in total. The van der Waals surface area contributed by atoms with Gasteiger partial charge in [0, 0.05) is 24.2 Å². The monoisotopic (exact) mass is 275 g/mol. The summed E-state index contributed by atoms with van der Waals surface area (Å²) < 4.78 is 5.64. The van der Waals surface area contributed by atoms with Gasteiger partial charge in [0.05, 0.1) is 0 Å². The van der Waals surface area contributed by atoms with Crippen LogP contribution in [0.3, 0.4) is 0 Å². The molecule has 0 bridgehead atoms. The highest BCUT2D eigenvalue weighted by molar-refractivity contribution is 5.31. The number of nitrogens with zero attached hydrogens (tertiary/aromatic N) is 1. The van der Waals surface area contributed by atoms with Gasteiger partial charge in [0.15, 0.2) is 0 Å². The molecule has 108 valence electrons. The minimum absolute atomic E-state index is 0.0474. The second-order valence-corrected chi connectivity index (χ2v) is 5.16. The highest BCUT2D eigenvalue weighted by Crippen LogP contribution is 2.15. The summed E-state index contributed by atoms with van der Waals surface area (Å²) in [6.45, 7) is 3.45. The molecule has 1 aromatic carbocycles. The number of likely N-dealkylation sites (N-methyl/N-ethyl adjacent to an activating group) is 1. The molecule has 0 aliphatic carbocycles. The Morgan fingerprint density at radius 2 is 1.85 bits per heavy atom. The zero-order chi connectivity index (χ0) is 14.5. The van der Waals surface area contributed by atoms with E-state index in [4.69, 9.17) is 4.74 Å². The lowest BCUT2D eigenvalue weighted by atomic mass is 10.1. The molecule has 0 unspecified atom stereocenters. The summed E-state index contributed by atoms with van der Waals surface area (Å²) in [4.78, 5) is 13.7. The summed E-state index contributed by atoms with van der Waals surface area (Å²) in [5, 5.41) is 5.44. The Labute approximate surface area is 118 Å². The molecule has 0 aliphatic heterocycles. The smallest absolute Gasteiger partial charge is 0.267 e. The van der Waals surface area contributed by atoms with Crippen LogP contribution in [0, 0.1) is 6.92 Å². The molecule has 1 aromatic heterocycles. The van der Waals surface area contributed by atoms with Gasteiger partial charge in [-0.25, -0.2) is 0 Å². The van der Waals surface area contributed by atoms with Gasteiger partial charge in [0.2, 0.25) is 0 Å². The molecule has 0 spiro atoms. The molecule has 20 heavy (non-hydrogen) atoms. The number of benzene rings is 1. The number of hydrogen-bond donors (Lipinski definition) is 2. The van der Waals surface area contributed by atoms with Crippen LogP contribution >= 0.6 is 0 Å². The van der Waals surface area contributed by atoms with Crippen molar-refractivity contribution in [2.75, 3.05) is 27.2 Å². The maximum Gasteiger partial charge on any atom is 0.267 e. The fraction of sp³-hybridized carbons (Fsp3) is 0.400. The van der Waals surface area contributed by atoms with E-state index in [-0.39, 0.29) is 5.56 Å². The summed E-state index contributed by atoms with van der Waals surface area (Å²) in [7, 11) is 4.03. The van der Waals surface area contributed by atoms with Crippen LogP contribution in [0.5, 0.6) is 5.75 Å². The van der Waals surface area contributed by atoms with E-state index in [9.17, 15) is 4.79 Å². The van der Waals surface area contributed by atoms with Gasteiger partial charge in [-0.3, -0.25) is 9.89 Å². The number of nitrogens with one attached hydrogen (secondary N) is 2. The Morgan fingerprint density at radius 3 is 2.40 bits per heavy atom. The first kappa shape index (κ1) is 14.4. The third-order valence-corrected chi connectivity index (χ3v) is 3.20. The molecular weight excluding hydrogens is 254 g/mol. The first-order valence-electron chi connectivity index (χ1n) is 6.69. The van der Waals surface area contributed by atoms with Crippen LogP contribution in [0.1, 0.15) is 16.8 Å². The van der Waals surface area contributed by atoms with Gasteiger partial charge < -0.3 is 14.7 Å². The van der Waals surface area contributed by atoms with Gasteiger partial charge >= 0.3 is 0 Å². The van der Waals surface area contributed by atoms with E-state index in [1.54, 1.807) is 0 Å². The summed E-state index contributed by atoms with van der Waals surface area (Å²) in [6, 6.07) is 7.89. The number of H-pyrrole nitrogens is 2. The second-order valence-electron chi connectivity index (χ2n) is 5.16. The van der Waals surface area contributed by atoms with Crippen molar-refractivity contribution in [2.24, 2.45) is 0 Å². The van der Waals surface area contributed by atoms with Gasteiger partial charge in [-0.15, -0.1) is 0 Å². The lowest BCUT2D eigenvalue weighted by Crippen LogP contribution is -2.19. The van der Waals surface area contributed by atoms with Crippen LogP contribution < -0.4 is 10.3 Å². The molecule has 0 amide bonds. The van der Waals surface area contributed by atoms with Gasteiger partial charge in [0.25, 0.3) is 5.56 Å². The fourth-order valence-electron chi connectivity index (χ4n) is 1.94. The maximum atomic E-state index is 11.6. The fourth-order valence-corrected chi connectivity index (χ4v) is 1.94. The highest BCUT2D eigenvalue weighted by atomic mass is 16.5. The number of aromatic nitrogens is 2. The number of aryl methyl sites for hydroxylation is 1. The van der Waals surface area contributed by atoms with Crippen molar-refractivity contribution in [1.82, 2.24) is 15.1 Å². The molecule has 0 saturated carbocycles. The van der Waals surface area contributed by atoms with Crippen LogP contribution in [0.15, 0.2) is 29.1 Å². The quantitative estimate of drug-likeness (QED) is 0.840. The molecule has 5 heteroatoms. The first-order chi connectivity index (χ1) is 9.56. The van der Waals surface area contributed by atoms with Gasteiger partial charge in [0.1, 0.15) is 12.4 Å². The zero-order valence-electron chi connectivity index (χ0n) is 12.2. The lowest BCUT2D eigenvalue weighted by molar-refractivity contribution is 0.261. The Bertz CT molecular complexity index is 596. The van der Waals surface area contributed by atoms with Crippen LogP contribution in [0.25, 0.3) is 0 Å². The van der Waals surface area contributed by atoms with Gasteiger partial charge in [-0.2, -0.15) is 0 Å². The minimum atomic E-state index is -0.0474. The Kier molecular flexibility index (Phi) is 4.63. The van der Waals surface area contributed by atoms with E-state index in [1.807, 2.05) is 45.3 Å². The summed E-state index contributed by atoms with van der Waals surface area (Å²) in [6.07, 6.45) is 0.628. The molecule has 0 radical (unpaired) electrons. The normalized spacial score (nSPS) is 11.0. The van der Waals surface area contributed by atoms with Crippen LogP contribution in [-0.4, -0.2) is 42.3 Å². The molecule has 2 aromatic rings. The Morgan fingerprint density at radius 1 is 1.15 bits per heavy atom. The number of hydrogen-bond acceptors (Lipinski definition) is 3. The third-order valence-electron chi connectivity index (χ3n) is 3.20. The molecule has 1 heterocycles. The van der Waals surface area contributed by atoms with Gasteiger partial charge in [-0.05, 0) is 38.7 Å². The van der Waals surface area contributed by atoms with Crippen molar-refractivity contribution in [3.63, 3.8) is 0 Å². The van der Waals surface area contributed by atoms with E-state index in [1.165, 1.54) is 0 Å². The SMILES string of the molecule is Cc1[nH][nH]c(=O)c1Cc1ccc(OCCN(C)C)cc1. The van der Waals surface area contributed by atoms with Crippen molar-refractivity contribution >= 4 is 0 Å². The second kappa shape index (κ2) is 6.43.